The molecule has 1 aliphatic rings. The second kappa shape index (κ2) is 9.83. The summed E-state index contributed by atoms with van der Waals surface area (Å²) in [7, 11) is 3.44. The van der Waals surface area contributed by atoms with Crippen LogP contribution in [-0.4, -0.2) is 43.9 Å². The third kappa shape index (κ3) is 4.79. The Labute approximate surface area is 169 Å². The molecule has 0 fully saturated rings. The van der Waals surface area contributed by atoms with Crippen LogP contribution in [0.3, 0.4) is 0 Å². The molecular weight excluding hydrogens is 350 g/mol. The summed E-state index contributed by atoms with van der Waals surface area (Å²) in [4.78, 5) is 2.59. The Morgan fingerprint density at radius 1 is 1.04 bits per heavy atom. The van der Waals surface area contributed by atoms with E-state index in [9.17, 15) is 5.11 Å². The fourth-order valence-corrected chi connectivity index (χ4v) is 4.39. The van der Waals surface area contributed by atoms with E-state index in [4.69, 9.17) is 9.47 Å². The number of nitrogens with zero attached hydrogens (tertiary/aromatic N) is 1. The van der Waals surface area contributed by atoms with Crippen molar-refractivity contribution in [3.8, 4) is 17.2 Å². The molecular formula is C24H33NO3. The van der Waals surface area contributed by atoms with Gasteiger partial charge in [0.25, 0.3) is 0 Å². The zero-order chi connectivity index (χ0) is 19.9. The first kappa shape index (κ1) is 20.5. The molecule has 0 saturated carbocycles. The SMILES string of the molecule is CCCN(CCc1ccc(O)cc1)CC1CCCc2c1ccc(OC)c2OC. The molecule has 1 atom stereocenters. The predicted octanol–water partition coefficient (Wildman–Crippen LogP) is 4.78. The highest BCUT2D eigenvalue weighted by molar-refractivity contribution is 5.53. The minimum atomic E-state index is 0.331. The van der Waals surface area contributed by atoms with Gasteiger partial charge in [-0.15, -0.1) is 0 Å². The molecule has 0 aliphatic heterocycles. The summed E-state index contributed by atoms with van der Waals surface area (Å²) in [5.74, 6) is 2.61. The van der Waals surface area contributed by atoms with Crippen molar-refractivity contribution in [1.29, 1.82) is 0 Å². The van der Waals surface area contributed by atoms with E-state index in [1.807, 2.05) is 12.1 Å². The van der Waals surface area contributed by atoms with E-state index in [1.165, 1.54) is 29.5 Å². The zero-order valence-corrected chi connectivity index (χ0v) is 17.4. The van der Waals surface area contributed by atoms with Crippen molar-refractivity contribution in [2.45, 2.75) is 44.9 Å². The van der Waals surface area contributed by atoms with Crippen LogP contribution in [0.15, 0.2) is 36.4 Å². The molecule has 0 aromatic heterocycles. The van der Waals surface area contributed by atoms with Crippen molar-refractivity contribution < 1.29 is 14.6 Å². The summed E-state index contributed by atoms with van der Waals surface area (Å²) >= 11 is 0. The molecule has 0 amide bonds. The molecule has 152 valence electrons. The maximum atomic E-state index is 9.48. The van der Waals surface area contributed by atoms with Crippen LogP contribution >= 0.6 is 0 Å². The van der Waals surface area contributed by atoms with Gasteiger partial charge < -0.3 is 19.5 Å². The molecule has 0 saturated heterocycles. The van der Waals surface area contributed by atoms with E-state index in [1.54, 1.807) is 26.4 Å². The van der Waals surface area contributed by atoms with Crippen molar-refractivity contribution in [3.63, 3.8) is 0 Å². The first-order valence-electron chi connectivity index (χ1n) is 10.4. The average Bonchev–Trinajstić information content (AvgIpc) is 2.72. The largest absolute Gasteiger partial charge is 0.508 e. The van der Waals surface area contributed by atoms with E-state index in [0.717, 1.165) is 50.4 Å². The first-order chi connectivity index (χ1) is 13.7. The van der Waals surface area contributed by atoms with Crippen LogP contribution in [0, 0.1) is 0 Å². The van der Waals surface area contributed by atoms with Crippen LogP contribution in [0.25, 0.3) is 0 Å². The third-order valence-corrected chi connectivity index (χ3v) is 5.78. The summed E-state index contributed by atoms with van der Waals surface area (Å²) < 4.78 is 11.2. The molecule has 1 unspecified atom stereocenters. The van der Waals surface area contributed by atoms with Crippen LogP contribution in [-0.2, 0) is 12.8 Å². The fraction of sp³-hybridized carbons (Fsp3) is 0.500. The molecule has 1 aliphatic carbocycles. The normalized spacial score (nSPS) is 16.1. The summed E-state index contributed by atoms with van der Waals surface area (Å²) in [5, 5.41) is 9.48. The highest BCUT2D eigenvalue weighted by atomic mass is 16.5. The van der Waals surface area contributed by atoms with Gasteiger partial charge in [-0.05, 0) is 73.9 Å². The molecule has 3 rings (SSSR count). The fourth-order valence-electron chi connectivity index (χ4n) is 4.39. The van der Waals surface area contributed by atoms with Gasteiger partial charge in [-0.1, -0.05) is 25.1 Å². The lowest BCUT2D eigenvalue weighted by molar-refractivity contribution is 0.249. The van der Waals surface area contributed by atoms with Crippen LogP contribution in [0.5, 0.6) is 17.2 Å². The molecule has 0 spiro atoms. The van der Waals surface area contributed by atoms with Crippen molar-refractivity contribution in [1.82, 2.24) is 4.90 Å². The van der Waals surface area contributed by atoms with Crippen LogP contribution in [0.1, 0.15) is 48.8 Å². The number of phenolic OH excluding ortho intramolecular Hbond substituents is 1. The second-order valence-corrected chi connectivity index (χ2v) is 7.68. The van der Waals surface area contributed by atoms with Gasteiger partial charge in [0.05, 0.1) is 14.2 Å². The predicted molar refractivity (Wildman–Crippen MR) is 114 cm³/mol. The first-order valence-corrected chi connectivity index (χ1v) is 10.4. The summed E-state index contributed by atoms with van der Waals surface area (Å²) in [6.07, 6.45) is 5.64. The minimum absolute atomic E-state index is 0.331. The molecule has 4 nitrogen and oxygen atoms in total. The van der Waals surface area contributed by atoms with Crippen molar-refractivity contribution in [3.05, 3.63) is 53.1 Å². The van der Waals surface area contributed by atoms with Crippen molar-refractivity contribution >= 4 is 0 Å². The van der Waals surface area contributed by atoms with E-state index >= 15 is 0 Å². The number of aromatic hydroxyl groups is 1. The molecule has 4 heteroatoms. The summed E-state index contributed by atoms with van der Waals surface area (Å²) in [6, 6.07) is 11.9. The monoisotopic (exact) mass is 383 g/mol. The number of benzene rings is 2. The van der Waals surface area contributed by atoms with Crippen LogP contribution < -0.4 is 9.47 Å². The number of fused-ring (bicyclic) bond motifs is 1. The minimum Gasteiger partial charge on any atom is -0.508 e. The van der Waals surface area contributed by atoms with Gasteiger partial charge in [0.15, 0.2) is 11.5 Å². The maximum absolute atomic E-state index is 9.48. The number of phenols is 1. The van der Waals surface area contributed by atoms with Gasteiger partial charge >= 0.3 is 0 Å². The van der Waals surface area contributed by atoms with Crippen molar-refractivity contribution in [2.75, 3.05) is 33.9 Å². The van der Waals surface area contributed by atoms with Crippen molar-refractivity contribution in [2.24, 2.45) is 0 Å². The number of rotatable bonds is 9. The van der Waals surface area contributed by atoms with Gasteiger partial charge in [-0.3, -0.25) is 0 Å². The molecule has 2 aromatic rings. The lowest BCUT2D eigenvalue weighted by Gasteiger charge is -2.32. The molecule has 0 radical (unpaired) electrons. The van der Waals surface area contributed by atoms with Gasteiger partial charge in [-0.25, -0.2) is 0 Å². The Morgan fingerprint density at radius 3 is 2.50 bits per heavy atom. The zero-order valence-electron chi connectivity index (χ0n) is 17.4. The standard InChI is InChI=1S/C24H33NO3/c1-4-15-25(16-14-18-8-10-20(26)11-9-18)17-19-6-5-7-22-21(19)12-13-23(27-2)24(22)28-3/h8-13,19,26H,4-7,14-17H2,1-3H3. The molecule has 2 aromatic carbocycles. The quantitative estimate of drug-likeness (QED) is 0.676. The number of methoxy groups -OCH3 is 2. The van der Waals surface area contributed by atoms with E-state index in [-0.39, 0.29) is 0 Å². The smallest absolute Gasteiger partial charge is 0.164 e. The Morgan fingerprint density at radius 2 is 1.82 bits per heavy atom. The number of ether oxygens (including phenoxy) is 2. The maximum Gasteiger partial charge on any atom is 0.164 e. The summed E-state index contributed by atoms with van der Waals surface area (Å²) in [5.41, 5.74) is 4.03. The van der Waals surface area contributed by atoms with Gasteiger partial charge in [-0.2, -0.15) is 0 Å². The Balaban J connectivity index is 1.72. The average molecular weight is 384 g/mol. The topological polar surface area (TPSA) is 41.9 Å². The summed E-state index contributed by atoms with van der Waals surface area (Å²) in [6.45, 7) is 5.47. The second-order valence-electron chi connectivity index (χ2n) is 7.68. The molecule has 28 heavy (non-hydrogen) atoms. The van der Waals surface area contributed by atoms with E-state index in [2.05, 4.69) is 24.0 Å². The molecule has 0 heterocycles. The van der Waals surface area contributed by atoms with E-state index in [0.29, 0.717) is 11.7 Å². The number of hydrogen-bond donors (Lipinski definition) is 1. The van der Waals surface area contributed by atoms with Gasteiger partial charge in [0.2, 0.25) is 0 Å². The Hall–Kier alpha value is -2.20. The van der Waals surface area contributed by atoms with E-state index < -0.39 is 0 Å². The highest BCUT2D eigenvalue weighted by Gasteiger charge is 2.26. The molecule has 0 bridgehead atoms. The van der Waals surface area contributed by atoms with Crippen LogP contribution in [0.4, 0.5) is 0 Å². The lowest BCUT2D eigenvalue weighted by Crippen LogP contribution is -2.32. The highest BCUT2D eigenvalue weighted by Crippen LogP contribution is 2.42. The lowest BCUT2D eigenvalue weighted by atomic mass is 9.81. The number of hydrogen-bond acceptors (Lipinski definition) is 4. The van der Waals surface area contributed by atoms with Gasteiger partial charge in [0.1, 0.15) is 5.75 Å². The van der Waals surface area contributed by atoms with Crippen LogP contribution in [0.2, 0.25) is 0 Å². The van der Waals surface area contributed by atoms with Gasteiger partial charge in [0, 0.05) is 18.7 Å². The Bertz CT molecular complexity index is 757. The Kier molecular flexibility index (Phi) is 7.21. The molecule has 1 N–H and O–H groups in total. The third-order valence-electron chi connectivity index (χ3n) is 5.78.